The molecule has 1 aliphatic carbocycles. The molecule has 3 rings (SSSR count). The molecule has 2 aromatic rings. The second-order valence-corrected chi connectivity index (χ2v) is 6.32. The van der Waals surface area contributed by atoms with E-state index in [1.165, 1.54) is 11.1 Å². The highest BCUT2D eigenvalue weighted by atomic mass is 31.2. The lowest BCUT2D eigenvalue weighted by atomic mass is 10.0. The lowest BCUT2D eigenvalue weighted by Gasteiger charge is -2.33. The summed E-state index contributed by atoms with van der Waals surface area (Å²) in [5, 5.41) is 0. The number of rotatable bonds is 3. The fraction of sp³-hybridized carbons (Fsp3) is 0.250. The average molecular weight is 287 g/mol. The summed E-state index contributed by atoms with van der Waals surface area (Å²) in [4.78, 5) is 19.7. The molecular weight excluding hydrogens is 269 g/mol. The Morgan fingerprint density at radius 1 is 0.900 bits per heavy atom. The van der Waals surface area contributed by atoms with E-state index in [4.69, 9.17) is 0 Å². The van der Waals surface area contributed by atoms with Crippen molar-refractivity contribution >= 4 is 8.53 Å². The van der Waals surface area contributed by atoms with Crippen LogP contribution in [0.25, 0.3) is 11.1 Å². The number of nitrogens with zero attached hydrogens (tertiary/aromatic N) is 1. The summed E-state index contributed by atoms with van der Waals surface area (Å²) in [6.45, 7) is 3.98. The van der Waals surface area contributed by atoms with Crippen LogP contribution in [-0.2, 0) is 0 Å². The number of hydrogen-bond acceptors (Lipinski definition) is 3. The zero-order valence-corrected chi connectivity index (χ0v) is 12.5. The summed E-state index contributed by atoms with van der Waals surface area (Å²) < 4.78 is 1.79. The van der Waals surface area contributed by atoms with Crippen LogP contribution < -0.4 is 0 Å². The van der Waals surface area contributed by atoms with Gasteiger partial charge in [-0.05, 0) is 36.1 Å². The maximum atomic E-state index is 9.84. The Kier molecular flexibility index (Phi) is 3.61. The summed E-state index contributed by atoms with van der Waals surface area (Å²) >= 11 is 0. The summed E-state index contributed by atoms with van der Waals surface area (Å²) in [5.41, 5.74) is 4.68. The highest BCUT2D eigenvalue weighted by Crippen LogP contribution is 2.52. The SMILES string of the molecule is CC(C)N(C1c2ccccc2-c2ccccc21)P(O)O. The summed E-state index contributed by atoms with van der Waals surface area (Å²) in [5.74, 6) is 0. The smallest absolute Gasteiger partial charge is 0.254 e. The molecule has 0 saturated carbocycles. The molecule has 0 atom stereocenters. The third-order valence-corrected chi connectivity index (χ3v) is 4.91. The van der Waals surface area contributed by atoms with Gasteiger partial charge in [-0.25, -0.2) is 4.67 Å². The highest BCUT2D eigenvalue weighted by Gasteiger charge is 2.36. The lowest BCUT2D eigenvalue weighted by Crippen LogP contribution is -2.30. The van der Waals surface area contributed by atoms with Gasteiger partial charge in [-0.15, -0.1) is 0 Å². The minimum atomic E-state index is -2.13. The van der Waals surface area contributed by atoms with Gasteiger partial charge < -0.3 is 9.79 Å². The van der Waals surface area contributed by atoms with Crippen LogP contribution in [0.15, 0.2) is 48.5 Å². The molecule has 0 unspecified atom stereocenters. The Bertz CT molecular complexity index is 574. The monoisotopic (exact) mass is 287 g/mol. The van der Waals surface area contributed by atoms with Gasteiger partial charge in [-0.1, -0.05) is 48.5 Å². The molecule has 2 aromatic carbocycles. The molecule has 0 aliphatic heterocycles. The van der Waals surface area contributed by atoms with Crippen molar-refractivity contribution in [3.8, 4) is 11.1 Å². The van der Waals surface area contributed by atoms with Crippen molar-refractivity contribution in [2.75, 3.05) is 0 Å². The van der Waals surface area contributed by atoms with Crippen molar-refractivity contribution in [1.29, 1.82) is 0 Å². The van der Waals surface area contributed by atoms with Crippen LogP contribution in [0, 0.1) is 0 Å². The maximum absolute atomic E-state index is 9.84. The first kappa shape index (κ1) is 13.7. The van der Waals surface area contributed by atoms with Crippen molar-refractivity contribution in [2.24, 2.45) is 0 Å². The van der Waals surface area contributed by atoms with E-state index in [0.717, 1.165) is 11.1 Å². The Labute approximate surface area is 120 Å². The third-order valence-electron chi connectivity index (χ3n) is 3.80. The van der Waals surface area contributed by atoms with Crippen LogP contribution in [0.4, 0.5) is 0 Å². The van der Waals surface area contributed by atoms with Gasteiger partial charge in [-0.2, -0.15) is 0 Å². The minimum absolute atomic E-state index is 0.0559. The van der Waals surface area contributed by atoms with Crippen LogP contribution in [0.2, 0.25) is 0 Å². The molecular formula is C16H18NO2P. The molecule has 3 nitrogen and oxygen atoms in total. The van der Waals surface area contributed by atoms with Gasteiger partial charge in [0.1, 0.15) is 0 Å². The molecule has 0 saturated heterocycles. The molecule has 0 spiro atoms. The highest BCUT2D eigenvalue weighted by molar-refractivity contribution is 7.42. The van der Waals surface area contributed by atoms with Gasteiger partial charge in [-0.3, -0.25) is 0 Å². The van der Waals surface area contributed by atoms with E-state index in [1.807, 2.05) is 38.1 Å². The molecule has 0 heterocycles. The van der Waals surface area contributed by atoms with Gasteiger partial charge in [0.15, 0.2) is 0 Å². The molecule has 0 aromatic heterocycles. The zero-order chi connectivity index (χ0) is 14.3. The van der Waals surface area contributed by atoms with Crippen molar-refractivity contribution in [2.45, 2.75) is 25.9 Å². The van der Waals surface area contributed by atoms with Crippen LogP contribution in [-0.4, -0.2) is 20.5 Å². The molecule has 0 amide bonds. The topological polar surface area (TPSA) is 43.7 Å². The van der Waals surface area contributed by atoms with Gasteiger partial charge in [0.05, 0.1) is 6.04 Å². The Morgan fingerprint density at radius 2 is 1.35 bits per heavy atom. The second kappa shape index (κ2) is 5.27. The van der Waals surface area contributed by atoms with Gasteiger partial charge in [0, 0.05) is 6.04 Å². The fourth-order valence-electron chi connectivity index (χ4n) is 3.02. The van der Waals surface area contributed by atoms with E-state index < -0.39 is 8.53 Å². The van der Waals surface area contributed by atoms with E-state index in [-0.39, 0.29) is 12.1 Å². The zero-order valence-electron chi connectivity index (χ0n) is 11.6. The van der Waals surface area contributed by atoms with Crippen molar-refractivity contribution in [3.63, 3.8) is 0 Å². The molecule has 20 heavy (non-hydrogen) atoms. The van der Waals surface area contributed by atoms with Gasteiger partial charge >= 0.3 is 0 Å². The summed E-state index contributed by atoms with van der Waals surface area (Å²) in [7, 11) is -2.13. The van der Waals surface area contributed by atoms with Gasteiger partial charge in [0.2, 0.25) is 0 Å². The molecule has 104 valence electrons. The van der Waals surface area contributed by atoms with Crippen LogP contribution in [0.1, 0.15) is 31.0 Å². The van der Waals surface area contributed by atoms with Crippen molar-refractivity contribution < 1.29 is 9.79 Å². The van der Waals surface area contributed by atoms with Crippen LogP contribution in [0.5, 0.6) is 0 Å². The van der Waals surface area contributed by atoms with Crippen molar-refractivity contribution in [1.82, 2.24) is 4.67 Å². The predicted octanol–water partition coefficient (Wildman–Crippen LogP) is 3.68. The number of fused-ring (bicyclic) bond motifs is 3. The quantitative estimate of drug-likeness (QED) is 0.846. The number of hydrogen-bond donors (Lipinski definition) is 2. The third kappa shape index (κ3) is 2.07. The minimum Gasteiger partial charge on any atom is -0.338 e. The fourth-order valence-corrected chi connectivity index (χ4v) is 3.89. The molecule has 1 aliphatic rings. The van der Waals surface area contributed by atoms with Crippen LogP contribution >= 0.6 is 8.53 Å². The molecule has 2 N–H and O–H groups in total. The average Bonchev–Trinajstić information content (AvgIpc) is 2.74. The second-order valence-electron chi connectivity index (χ2n) is 5.32. The van der Waals surface area contributed by atoms with Crippen molar-refractivity contribution in [3.05, 3.63) is 59.7 Å². The van der Waals surface area contributed by atoms with E-state index in [9.17, 15) is 9.79 Å². The Hall–Kier alpha value is -1.25. The van der Waals surface area contributed by atoms with E-state index in [1.54, 1.807) is 4.67 Å². The van der Waals surface area contributed by atoms with Gasteiger partial charge in [0.25, 0.3) is 8.53 Å². The summed E-state index contributed by atoms with van der Waals surface area (Å²) in [6, 6.07) is 16.4. The molecule has 0 bridgehead atoms. The van der Waals surface area contributed by atoms with E-state index >= 15 is 0 Å². The first-order valence-corrected chi connectivity index (χ1v) is 7.95. The number of benzene rings is 2. The first-order valence-electron chi connectivity index (χ1n) is 6.75. The first-order chi connectivity index (χ1) is 9.61. The maximum Gasteiger partial charge on any atom is 0.254 e. The molecule has 0 radical (unpaired) electrons. The Balaban J connectivity index is 2.20. The molecule has 4 heteroatoms. The van der Waals surface area contributed by atoms with E-state index in [0.29, 0.717) is 0 Å². The summed E-state index contributed by atoms with van der Waals surface area (Å²) in [6.07, 6.45) is 0. The van der Waals surface area contributed by atoms with E-state index in [2.05, 4.69) is 24.3 Å². The standard InChI is InChI=1S/C16H18NO2P/c1-11(2)17(20(18)19)16-14-9-5-3-7-12(14)13-8-4-6-10-15(13)16/h3-11,16,18-19H,1-2H3. The predicted molar refractivity (Wildman–Crippen MR) is 82.1 cm³/mol. The lowest BCUT2D eigenvalue weighted by molar-refractivity contribution is 0.265. The van der Waals surface area contributed by atoms with Crippen LogP contribution in [0.3, 0.4) is 0 Å². The molecule has 0 fully saturated rings. The Morgan fingerprint density at radius 3 is 1.75 bits per heavy atom. The largest absolute Gasteiger partial charge is 0.338 e. The normalized spacial score (nSPS) is 14.2.